The molecule has 7 heteroatoms. The number of rotatable bonds is 6. The Morgan fingerprint density at radius 3 is 2.96 bits per heavy atom. The van der Waals surface area contributed by atoms with Crippen LogP contribution in [0.1, 0.15) is 52.8 Å². The predicted octanol–water partition coefficient (Wildman–Crippen LogP) is 2.44. The number of fused-ring (bicyclic) bond motifs is 1. The molecule has 2 aromatic rings. The van der Waals surface area contributed by atoms with Crippen molar-refractivity contribution in [3.63, 3.8) is 0 Å². The highest BCUT2D eigenvalue weighted by Crippen LogP contribution is 2.53. The van der Waals surface area contributed by atoms with E-state index >= 15 is 0 Å². The summed E-state index contributed by atoms with van der Waals surface area (Å²) in [5.74, 6) is 1.25. The average molecular weight is 369 g/mol. The van der Waals surface area contributed by atoms with Gasteiger partial charge in [-0.25, -0.2) is 4.98 Å². The monoisotopic (exact) mass is 369 g/mol. The standard InChI is InChI=1S/C20H23N3O4/c1-11(2)9-26-14-5-3-4-12(6-14)20(25)23-8-13-7-15(23)16(13)18-17(19(21)24)22-10-27-18/h3-6,10-11,13,15-16H,7-9H2,1-2H3,(H2,21,24). The van der Waals surface area contributed by atoms with Crippen LogP contribution < -0.4 is 10.5 Å². The number of nitrogens with two attached hydrogens (primary N) is 1. The molecule has 1 aliphatic carbocycles. The van der Waals surface area contributed by atoms with Gasteiger partial charge in [0.15, 0.2) is 12.1 Å². The molecule has 2 N–H and O–H groups in total. The van der Waals surface area contributed by atoms with Gasteiger partial charge in [-0.15, -0.1) is 0 Å². The first kappa shape index (κ1) is 17.6. The van der Waals surface area contributed by atoms with Crippen LogP contribution in [0.2, 0.25) is 0 Å². The number of hydrogen-bond acceptors (Lipinski definition) is 5. The van der Waals surface area contributed by atoms with Crippen LogP contribution in [0.4, 0.5) is 0 Å². The summed E-state index contributed by atoms with van der Waals surface area (Å²) >= 11 is 0. The van der Waals surface area contributed by atoms with E-state index < -0.39 is 5.91 Å². The molecule has 3 aliphatic rings. The number of benzene rings is 1. The summed E-state index contributed by atoms with van der Waals surface area (Å²) in [5.41, 5.74) is 6.16. The second-order valence-corrected chi connectivity index (χ2v) is 7.71. The largest absolute Gasteiger partial charge is 0.493 e. The van der Waals surface area contributed by atoms with E-state index in [1.54, 1.807) is 12.1 Å². The third-order valence-electron chi connectivity index (χ3n) is 5.35. The number of ether oxygens (including phenoxy) is 1. The number of primary amides is 1. The van der Waals surface area contributed by atoms with E-state index in [1.165, 1.54) is 6.39 Å². The van der Waals surface area contributed by atoms with Crippen LogP contribution in [0, 0.1) is 11.8 Å². The summed E-state index contributed by atoms with van der Waals surface area (Å²) in [6.07, 6.45) is 2.15. The molecule has 2 bridgehead atoms. The van der Waals surface area contributed by atoms with Crippen molar-refractivity contribution in [1.82, 2.24) is 9.88 Å². The van der Waals surface area contributed by atoms with E-state index in [1.807, 2.05) is 17.0 Å². The van der Waals surface area contributed by atoms with E-state index in [0.717, 1.165) is 6.42 Å². The van der Waals surface area contributed by atoms with Gasteiger partial charge in [0.25, 0.3) is 11.8 Å². The highest BCUT2D eigenvalue weighted by atomic mass is 16.5. The summed E-state index contributed by atoms with van der Waals surface area (Å²) in [4.78, 5) is 30.4. The van der Waals surface area contributed by atoms with Gasteiger partial charge in [0.05, 0.1) is 6.61 Å². The summed E-state index contributed by atoms with van der Waals surface area (Å²) in [5, 5.41) is 0. The van der Waals surface area contributed by atoms with Crippen molar-refractivity contribution in [1.29, 1.82) is 0 Å². The maximum atomic E-state index is 13.0. The van der Waals surface area contributed by atoms with Gasteiger partial charge in [0.2, 0.25) is 0 Å². The fourth-order valence-electron chi connectivity index (χ4n) is 4.07. The van der Waals surface area contributed by atoms with Crippen molar-refractivity contribution >= 4 is 11.8 Å². The summed E-state index contributed by atoms with van der Waals surface area (Å²) < 4.78 is 11.2. The minimum atomic E-state index is -0.599. The highest BCUT2D eigenvalue weighted by Gasteiger charge is 2.56. The molecule has 1 aromatic carbocycles. The lowest BCUT2D eigenvalue weighted by atomic mass is 9.72. The molecular formula is C20H23N3O4. The quantitative estimate of drug-likeness (QED) is 0.843. The van der Waals surface area contributed by atoms with Crippen LogP contribution in [-0.4, -0.2) is 40.9 Å². The van der Waals surface area contributed by atoms with E-state index in [2.05, 4.69) is 18.8 Å². The van der Waals surface area contributed by atoms with Crippen LogP contribution in [-0.2, 0) is 0 Å². The molecule has 0 spiro atoms. The van der Waals surface area contributed by atoms with Gasteiger partial charge in [-0.2, -0.15) is 0 Å². The van der Waals surface area contributed by atoms with Gasteiger partial charge in [-0.1, -0.05) is 19.9 Å². The molecule has 27 heavy (non-hydrogen) atoms. The Morgan fingerprint density at radius 2 is 2.22 bits per heavy atom. The van der Waals surface area contributed by atoms with Crippen LogP contribution in [0.25, 0.3) is 0 Å². The number of carbonyl (C=O) groups is 2. The molecule has 1 saturated carbocycles. The van der Waals surface area contributed by atoms with Crippen molar-refractivity contribution < 1.29 is 18.7 Å². The van der Waals surface area contributed by atoms with Gasteiger partial charge in [0, 0.05) is 24.1 Å². The van der Waals surface area contributed by atoms with Crippen molar-refractivity contribution in [2.45, 2.75) is 32.2 Å². The molecule has 2 amide bonds. The molecule has 3 unspecified atom stereocenters. The maximum absolute atomic E-state index is 13.0. The molecule has 2 aliphatic heterocycles. The molecule has 7 nitrogen and oxygen atoms in total. The predicted molar refractivity (Wildman–Crippen MR) is 97.5 cm³/mol. The lowest BCUT2D eigenvalue weighted by Crippen LogP contribution is -2.40. The van der Waals surface area contributed by atoms with Gasteiger partial charge in [-0.3, -0.25) is 9.59 Å². The van der Waals surface area contributed by atoms with Crippen molar-refractivity contribution in [2.24, 2.45) is 17.6 Å². The third kappa shape index (κ3) is 3.07. The first-order chi connectivity index (χ1) is 13.0. The van der Waals surface area contributed by atoms with Gasteiger partial charge < -0.3 is 19.8 Å². The normalized spacial score (nSPS) is 23.4. The molecule has 3 fully saturated rings. The Morgan fingerprint density at radius 1 is 1.41 bits per heavy atom. The molecular weight excluding hydrogens is 346 g/mol. The Bertz CT molecular complexity index is 876. The van der Waals surface area contributed by atoms with E-state index in [9.17, 15) is 9.59 Å². The first-order valence-electron chi connectivity index (χ1n) is 9.22. The van der Waals surface area contributed by atoms with Crippen molar-refractivity contribution in [2.75, 3.05) is 13.2 Å². The number of carbonyl (C=O) groups excluding carboxylic acids is 2. The summed E-state index contributed by atoms with van der Waals surface area (Å²) in [7, 11) is 0. The number of hydrogen-bond donors (Lipinski definition) is 1. The van der Waals surface area contributed by atoms with Gasteiger partial charge in [0.1, 0.15) is 11.5 Å². The van der Waals surface area contributed by atoms with E-state index in [0.29, 0.717) is 36.1 Å². The number of nitrogens with zero attached hydrogens (tertiary/aromatic N) is 2. The lowest BCUT2D eigenvalue weighted by Gasteiger charge is -2.35. The highest BCUT2D eigenvalue weighted by molar-refractivity contribution is 5.96. The van der Waals surface area contributed by atoms with Crippen LogP contribution in [0.15, 0.2) is 35.1 Å². The van der Waals surface area contributed by atoms with E-state index in [-0.39, 0.29) is 29.5 Å². The molecule has 1 aromatic heterocycles. The minimum Gasteiger partial charge on any atom is -0.493 e. The number of amides is 2. The fourth-order valence-corrected chi connectivity index (χ4v) is 4.07. The Balaban J connectivity index is 1.51. The zero-order valence-electron chi connectivity index (χ0n) is 15.4. The zero-order valence-corrected chi connectivity index (χ0v) is 15.4. The van der Waals surface area contributed by atoms with Crippen LogP contribution in [0.3, 0.4) is 0 Å². The second kappa shape index (κ2) is 6.72. The number of oxazole rings is 1. The fraction of sp³-hybridized carbons (Fsp3) is 0.450. The van der Waals surface area contributed by atoms with Crippen molar-refractivity contribution in [3.05, 3.63) is 47.7 Å². The third-order valence-corrected chi connectivity index (χ3v) is 5.35. The Hall–Kier alpha value is -2.83. The van der Waals surface area contributed by atoms with Gasteiger partial charge in [-0.05, 0) is 36.5 Å². The molecule has 2 saturated heterocycles. The number of aromatic nitrogens is 1. The second-order valence-electron chi connectivity index (χ2n) is 7.71. The lowest BCUT2D eigenvalue weighted by molar-refractivity contribution is 0.0729. The maximum Gasteiger partial charge on any atom is 0.270 e. The molecule has 142 valence electrons. The summed E-state index contributed by atoms with van der Waals surface area (Å²) in [6, 6.07) is 7.30. The van der Waals surface area contributed by atoms with Gasteiger partial charge >= 0.3 is 0 Å². The molecule has 3 heterocycles. The topological polar surface area (TPSA) is 98.7 Å². The van der Waals surface area contributed by atoms with Crippen LogP contribution in [0.5, 0.6) is 5.75 Å². The van der Waals surface area contributed by atoms with E-state index in [4.69, 9.17) is 14.9 Å². The average Bonchev–Trinajstić information content (AvgIpc) is 3.34. The zero-order chi connectivity index (χ0) is 19.1. The molecule has 5 rings (SSSR count). The Kier molecular flexibility index (Phi) is 4.37. The first-order valence-corrected chi connectivity index (χ1v) is 9.22. The Labute approximate surface area is 157 Å². The molecule has 3 atom stereocenters. The minimum absolute atomic E-state index is 0.00814. The SMILES string of the molecule is CC(C)COc1cccc(C(=O)N2CC3CC2C3c2ocnc2C(N)=O)c1. The smallest absolute Gasteiger partial charge is 0.270 e. The van der Waals surface area contributed by atoms with Crippen molar-refractivity contribution in [3.8, 4) is 5.75 Å². The molecule has 0 radical (unpaired) electrons. The summed E-state index contributed by atoms with van der Waals surface area (Å²) in [6.45, 7) is 5.41. The van der Waals surface area contributed by atoms with Crippen LogP contribution >= 0.6 is 0 Å².